The van der Waals surface area contributed by atoms with Gasteiger partial charge in [0.05, 0.1) is 13.3 Å². The van der Waals surface area contributed by atoms with Crippen LogP contribution in [-0.4, -0.2) is 52.6 Å². The molecule has 2 amide bonds. The molecule has 1 aliphatic heterocycles. The first-order chi connectivity index (χ1) is 16.4. The maximum Gasteiger partial charge on any atom is 0.254 e. The van der Waals surface area contributed by atoms with Crippen LogP contribution >= 0.6 is 0 Å². The number of nitrogens with zero attached hydrogens (tertiary/aromatic N) is 4. The summed E-state index contributed by atoms with van der Waals surface area (Å²) in [5.41, 5.74) is 7.53. The van der Waals surface area contributed by atoms with E-state index in [9.17, 15) is 14.0 Å². The van der Waals surface area contributed by atoms with Gasteiger partial charge < -0.3 is 20.7 Å². The van der Waals surface area contributed by atoms with Crippen LogP contribution in [0.5, 0.6) is 5.88 Å². The first-order valence-corrected chi connectivity index (χ1v) is 11.0. The van der Waals surface area contributed by atoms with Gasteiger partial charge in [0.2, 0.25) is 17.7 Å². The molecule has 1 aliphatic carbocycles. The Morgan fingerprint density at radius 3 is 2.97 bits per heavy atom. The van der Waals surface area contributed by atoms with Crippen molar-refractivity contribution in [2.45, 2.75) is 44.3 Å². The van der Waals surface area contributed by atoms with Crippen LogP contribution in [0, 0.1) is 11.3 Å². The van der Waals surface area contributed by atoms with Crippen LogP contribution in [0.15, 0.2) is 30.5 Å². The predicted molar refractivity (Wildman–Crippen MR) is 122 cm³/mol. The Balaban J connectivity index is 1.48. The van der Waals surface area contributed by atoms with Crippen LogP contribution in [0.3, 0.4) is 0 Å². The van der Waals surface area contributed by atoms with Crippen molar-refractivity contribution in [1.82, 2.24) is 14.9 Å². The molecule has 1 aromatic heterocycles. The highest BCUT2D eigenvalue weighted by atomic mass is 19.1. The number of nitriles is 1. The molecule has 34 heavy (non-hydrogen) atoms. The summed E-state index contributed by atoms with van der Waals surface area (Å²) in [5, 5.41) is 12.4. The number of carbonyl (C=O) groups is 2. The Hall–Kier alpha value is -4.00. The van der Waals surface area contributed by atoms with E-state index in [1.807, 2.05) is 11.0 Å². The summed E-state index contributed by atoms with van der Waals surface area (Å²) < 4.78 is 18.0. The van der Waals surface area contributed by atoms with Crippen molar-refractivity contribution < 1.29 is 18.7 Å². The number of amides is 2. The van der Waals surface area contributed by atoms with E-state index < -0.39 is 12.6 Å². The molecule has 2 aromatic rings. The third-order valence-corrected chi connectivity index (χ3v) is 6.29. The van der Waals surface area contributed by atoms with Gasteiger partial charge in [0.25, 0.3) is 5.91 Å². The smallest absolute Gasteiger partial charge is 0.254 e. The highest BCUT2D eigenvalue weighted by Gasteiger charge is 2.36. The molecule has 176 valence electrons. The van der Waals surface area contributed by atoms with Gasteiger partial charge in [-0.25, -0.2) is 9.37 Å². The molecule has 0 spiro atoms. The van der Waals surface area contributed by atoms with Crippen LogP contribution in [0.2, 0.25) is 0 Å². The SMILES string of the molecule is COc1nc(N[C@@H]2CCC[C@H](N3Cc4ccc(C(=CCF)C(N)=O)cc4C3=O)C2)ncc1C#N. The molecule has 2 atom stereocenters. The lowest BCUT2D eigenvalue weighted by molar-refractivity contribution is -0.112. The summed E-state index contributed by atoms with van der Waals surface area (Å²) in [4.78, 5) is 35.3. The van der Waals surface area contributed by atoms with Crippen LogP contribution in [0.25, 0.3) is 5.57 Å². The first-order valence-electron chi connectivity index (χ1n) is 11.0. The van der Waals surface area contributed by atoms with Crippen LogP contribution in [0.1, 0.15) is 52.7 Å². The van der Waals surface area contributed by atoms with Gasteiger partial charge in [0.1, 0.15) is 18.3 Å². The molecular weight excluding hydrogens is 439 g/mol. The van der Waals surface area contributed by atoms with Crippen molar-refractivity contribution >= 4 is 23.3 Å². The monoisotopic (exact) mass is 464 g/mol. The van der Waals surface area contributed by atoms with E-state index in [4.69, 9.17) is 15.7 Å². The van der Waals surface area contributed by atoms with Gasteiger partial charge in [0, 0.05) is 29.8 Å². The van der Waals surface area contributed by atoms with Gasteiger partial charge in [0.15, 0.2) is 0 Å². The molecule has 4 rings (SSSR count). The molecule has 9 nitrogen and oxygen atoms in total. The molecular formula is C24H25FN6O3. The van der Waals surface area contributed by atoms with Gasteiger partial charge in [-0.2, -0.15) is 10.2 Å². The van der Waals surface area contributed by atoms with E-state index in [1.54, 1.807) is 18.2 Å². The second kappa shape index (κ2) is 9.87. The molecule has 0 radical (unpaired) electrons. The summed E-state index contributed by atoms with van der Waals surface area (Å²) in [5.74, 6) is -0.253. The second-order valence-electron chi connectivity index (χ2n) is 8.33. The number of aromatic nitrogens is 2. The van der Waals surface area contributed by atoms with Crippen molar-refractivity contribution in [1.29, 1.82) is 5.26 Å². The molecule has 2 aliphatic rings. The summed E-state index contributed by atoms with van der Waals surface area (Å²) in [6.07, 6.45) is 5.95. The van der Waals surface area contributed by atoms with E-state index in [0.717, 1.165) is 30.9 Å². The zero-order valence-corrected chi connectivity index (χ0v) is 18.8. The number of allylic oxidation sites excluding steroid dienone is 1. The lowest BCUT2D eigenvalue weighted by atomic mass is 9.90. The normalized spacial score (nSPS) is 20.0. The summed E-state index contributed by atoms with van der Waals surface area (Å²) in [6.45, 7) is -0.341. The van der Waals surface area contributed by atoms with Gasteiger partial charge in [-0.15, -0.1) is 0 Å². The molecule has 1 fully saturated rings. The highest BCUT2D eigenvalue weighted by molar-refractivity contribution is 6.19. The number of methoxy groups -OCH3 is 1. The molecule has 2 heterocycles. The van der Waals surface area contributed by atoms with Crippen LogP contribution in [0.4, 0.5) is 10.3 Å². The minimum absolute atomic E-state index is 0.0203. The number of alkyl halides is 1. The third-order valence-electron chi connectivity index (χ3n) is 6.29. The average molecular weight is 465 g/mol. The molecule has 10 heteroatoms. The maximum atomic E-state index is 13.2. The number of nitrogens with one attached hydrogen (secondary N) is 1. The lowest BCUT2D eigenvalue weighted by Crippen LogP contribution is -2.42. The number of carbonyl (C=O) groups excluding carboxylic acids is 2. The van der Waals surface area contributed by atoms with Gasteiger partial charge in [-0.1, -0.05) is 12.1 Å². The average Bonchev–Trinajstić information content (AvgIpc) is 3.18. The Labute approximate surface area is 196 Å². The number of fused-ring (bicyclic) bond motifs is 1. The molecule has 0 bridgehead atoms. The third kappa shape index (κ3) is 4.55. The molecule has 0 saturated heterocycles. The van der Waals surface area contributed by atoms with Gasteiger partial charge in [-0.05, 0) is 49.0 Å². The van der Waals surface area contributed by atoms with Crippen LogP contribution < -0.4 is 15.8 Å². The predicted octanol–water partition coefficient (Wildman–Crippen LogP) is 2.57. The van der Waals surface area contributed by atoms with Crippen molar-refractivity contribution in [3.63, 3.8) is 0 Å². The van der Waals surface area contributed by atoms with Crippen molar-refractivity contribution in [2.24, 2.45) is 5.73 Å². The van der Waals surface area contributed by atoms with Gasteiger partial charge in [-0.3, -0.25) is 9.59 Å². The lowest BCUT2D eigenvalue weighted by Gasteiger charge is -2.35. The Bertz CT molecular complexity index is 1190. The fraction of sp³-hybridized carbons (Fsp3) is 0.375. The number of hydrogen-bond acceptors (Lipinski definition) is 7. The van der Waals surface area contributed by atoms with E-state index in [-0.39, 0.29) is 35.0 Å². The summed E-state index contributed by atoms with van der Waals surface area (Å²) >= 11 is 0. The second-order valence-corrected chi connectivity index (χ2v) is 8.33. The molecule has 0 unspecified atom stereocenters. The standard InChI is InChI=1S/C24H25FN6O3/c1-34-22-16(11-26)12-28-24(30-22)29-17-3-2-4-18(10-17)31-13-15-6-5-14(9-20(15)23(31)33)19(7-8-25)21(27)32/h5-7,9,12,17-18H,2-4,8,10,13H2,1H3,(H2,27,32)(H,28,29,30)/t17-,18+/m1/s1. The van der Waals surface area contributed by atoms with Crippen molar-refractivity contribution in [3.05, 3.63) is 52.7 Å². The number of ether oxygens (including phenoxy) is 1. The van der Waals surface area contributed by atoms with E-state index >= 15 is 0 Å². The van der Waals surface area contributed by atoms with Crippen molar-refractivity contribution in [2.75, 3.05) is 19.1 Å². The zero-order chi connectivity index (χ0) is 24.2. The molecule has 1 saturated carbocycles. The topological polar surface area (TPSA) is 134 Å². The molecule has 1 aromatic carbocycles. The first kappa shape index (κ1) is 23.2. The quantitative estimate of drug-likeness (QED) is 0.602. The summed E-state index contributed by atoms with van der Waals surface area (Å²) in [6, 6.07) is 7.18. The zero-order valence-electron chi connectivity index (χ0n) is 18.8. The number of halogens is 1. The van der Waals surface area contributed by atoms with Crippen molar-refractivity contribution in [3.8, 4) is 11.9 Å². The maximum absolute atomic E-state index is 13.2. The number of benzene rings is 1. The Morgan fingerprint density at radius 1 is 1.44 bits per heavy atom. The minimum Gasteiger partial charge on any atom is -0.480 e. The Morgan fingerprint density at radius 2 is 2.26 bits per heavy atom. The van der Waals surface area contributed by atoms with E-state index in [1.165, 1.54) is 13.3 Å². The minimum atomic E-state index is -0.819. The Kier molecular flexibility index (Phi) is 6.72. The fourth-order valence-corrected chi connectivity index (χ4v) is 4.65. The molecule has 3 N–H and O–H groups in total. The number of hydrogen-bond donors (Lipinski definition) is 2. The van der Waals surface area contributed by atoms with Gasteiger partial charge >= 0.3 is 0 Å². The largest absolute Gasteiger partial charge is 0.480 e. The number of anilines is 1. The number of rotatable bonds is 7. The highest BCUT2D eigenvalue weighted by Crippen LogP contribution is 2.33. The fourth-order valence-electron chi connectivity index (χ4n) is 4.65. The summed E-state index contributed by atoms with van der Waals surface area (Å²) in [7, 11) is 1.45. The number of primary amides is 1. The van der Waals surface area contributed by atoms with E-state index in [2.05, 4.69) is 15.3 Å². The van der Waals surface area contributed by atoms with E-state index in [0.29, 0.717) is 30.0 Å². The van der Waals surface area contributed by atoms with Crippen LogP contribution in [-0.2, 0) is 11.3 Å². The number of nitrogens with two attached hydrogens (primary N) is 1.